The number of nitrogens with zero attached hydrogens (tertiary/aromatic N) is 3. The van der Waals surface area contributed by atoms with E-state index in [-0.39, 0.29) is 11.7 Å². The van der Waals surface area contributed by atoms with Gasteiger partial charge in [-0.15, -0.1) is 0 Å². The maximum atomic E-state index is 13.0. The lowest BCUT2D eigenvalue weighted by Crippen LogP contribution is -2.47. The van der Waals surface area contributed by atoms with Crippen LogP contribution in [0.3, 0.4) is 0 Å². The van der Waals surface area contributed by atoms with Crippen molar-refractivity contribution in [2.45, 2.75) is 51.6 Å². The number of aliphatic hydroxyl groups is 1. The first-order valence-corrected chi connectivity index (χ1v) is 9.51. The molecule has 0 radical (unpaired) electrons. The fourth-order valence-corrected chi connectivity index (χ4v) is 3.90. The second-order valence-corrected chi connectivity index (χ2v) is 7.68. The van der Waals surface area contributed by atoms with E-state index >= 15 is 0 Å². The lowest BCUT2D eigenvalue weighted by atomic mass is 9.85. The zero-order chi connectivity index (χ0) is 19.6. The number of benzene rings is 1. The van der Waals surface area contributed by atoms with Gasteiger partial charge in [-0.05, 0) is 56.4 Å². The molecule has 146 valence electrons. The Morgan fingerprint density at radius 2 is 1.85 bits per heavy atom. The Balaban J connectivity index is 1.52. The maximum Gasteiger partial charge on any atom is 0.222 e. The molecule has 1 amide bonds. The van der Waals surface area contributed by atoms with E-state index in [4.69, 9.17) is 0 Å². The first kappa shape index (κ1) is 19.5. The number of aryl methyl sites for hydroxylation is 2. The first-order chi connectivity index (χ1) is 12.8. The topological polar surface area (TPSA) is 58.4 Å². The lowest BCUT2D eigenvalue weighted by molar-refractivity contribution is -0.135. The predicted octanol–water partition coefficient (Wildman–Crippen LogP) is 2.70. The van der Waals surface area contributed by atoms with Crippen molar-refractivity contribution in [1.29, 1.82) is 0 Å². The van der Waals surface area contributed by atoms with Crippen molar-refractivity contribution < 1.29 is 14.3 Å². The molecule has 1 saturated heterocycles. The molecule has 1 N–H and O–H groups in total. The molecule has 3 rings (SSSR count). The summed E-state index contributed by atoms with van der Waals surface area (Å²) >= 11 is 0. The molecule has 6 heteroatoms. The van der Waals surface area contributed by atoms with Crippen LogP contribution in [0.25, 0.3) is 0 Å². The van der Waals surface area contributed by atoms with Crippen LogP contribution < -0.4 is 0 Å². The highest BCUT2D eigenvalue weighted by Gasteiger charge is 2.34. The molecule has 1 aromatic heterocycles. The molecule has 27 heavy (non-hydrogen) atoms. The third kappa shape index (κ3) is 4.56. The highest BCUT2D eigenvalue weighted by molar-refractivity contribution is 5.76. The third-order valence-corrected chi connectivity index (χ3v) is 5.74. The van der Waals surface area contributed by atoms with Gasteiger partial charge in [-0.3, -0.25) is 9.48 Å². The van der Waals surface area contributed by atoms with Crippen LogP contribution in [0.15, 0.2) is 24.3 Å². The minimum absolute atomic E-state index is 0.126. The van der Waals surface area contributed by atoms with Crippen LogP contribution >= 0.6 is 0 Å². The number of aromatic nitrogens is 2. The zero-order valence-corrected chi connectivity index (χ0v) is 16.3. The number of halogens is 1. The molecule has 0 aliphatic carbocycles. The highest BCUT2D eigenvalue weighted by atomic mass is 19.1. The Morgan fingerprint density at radius 3 is 2.41 bits per heavy atom. The molecule has 0 saturated carbocycles. The van der Waals surface area contributed by atoms with E-state index in [0.717, 1.165) is 22.5 Å². The van der Waals surface area contributed by atoms with Crippen molar-refractivity contribution in [1.82, 2.24) is 14.7 Å². The quantitative estimate of drug-likeness (QED) is 0.877. The number of carbonyl (C=O) groups excluding carboxylic acids is 1. The number of hydrogen-bond donors (Lipinski definition) is 1. The Morgan fingerprint density at radius 1 is 1.22 bits per heavy atom. The Kier molecular flexibility index (Phi) is 5.65. The fourth-order valence-electron chi connectivity index (χ4n) is 3.90. The van der Waals surface area contributed by atoms with Gasteiger partial charge in [0.25, 0.3) is 0 Å². The molecule has 2 heterocycles. The van der Waals surface area contributed by atoms with Gasteiger partial charge in [0.2, 0.25) is 5.91 Å². The van der Waals surface area contributed by atoms with Gasteiger partial charge in [-0.2, -0.15) is 5.10 Å². The number of amides is 1. The molecule has 0 bridgehead atoms. The summed E-state index contributed by atoms with van der Waals surface area (Å²) in [5.74, 6) is -0.147. The van der Waals surface area contributed by atoms with E-state index < -0.39 is 5.60 Å². The van der Waals surface area contributed by atoms with E-state index in [2.05, 4.69) is 5.10 Å². The summed E-state index contributed by atoms with van der Waals surface area (Å²) in [6, 6.07) is 6.26. The minimum Gasteiger partial charge on any atom is -0.389 e. The number of rotatable bonds is 5. The second kappa shape index (κ2) is 7.80. The van der Waals surface area contributed by atoms with Crippen LogP contribution in [-0.2, 0) is 24.7 Å². The normalized spacial score (nSPS) is 16.6. The van der Waals surface area contributed by atoms with Gasteiger partial charge in [-0.25, -0.2) is 4.39 Å². The van der Waals surface area contributed by atoms with Gasteiger partial charge in [0.1, 0.15) is 5.82 Å². The Hall–Kier alpha value is -2.21. The van der Waals surface area contributed by atoms with Crippen molar-refractivity contribution in [2.75, 3.05) is 13.1 Å². The smallest absolute Gasteiger partial charge is 0.222 e. The first-order valence-electron chi connectivity index (χ1n) is 9.51. The summed E-state index contributed by atoms with van der Waals surface area (Å²) in [5, 5.41) is 15.2. The molecule has 0 spiro atoms. The summed E-state index contributed by atoms with van der Waals surface area (Å²) in [4.78, 5) is 14.4. The molecule has 2 aromatic rings. The van der Waals surface area contributed by atoms with Crippen LogP contribution in [0.4, 0.5) is 4.39 Å². The van der Waals surface area contributed by atoms with Crippen LogP contribution in [0.1, 0.15) is 41.8 Å². The molecule has 1 aromatic carbocycles. The largest absolute Gasteiger partial charge is 0.389 e. The monoisotopic (exact) mass is 373 g/mol. The summed E-state index contributed by atoms with van der Waals surface area (Å²) < 4.78 is 14.9. The summed E-state index contributed by atoms with van der Waals surface area (Å²) in [5.41, 5.74) is 3.32. The van der Waals surface area contributed by atoms with E-state index in [1.807, 2.05) is 30.5 Å². The molecular formula is C21H28FN3O2. The number of hydrogen-bond acceptors (Lipinski definition) is 3. The van der Waals surface area contributed by atoms with Gasteiger partial charge in [0.05, 0.1) is 11.3 Å². The highest BCUT2D eigenvalue weighted by Crippen LogP contribution is 2.27. The van der Waals surface area contributed by atoms with E-state index in [0.29, 0.717) is 45.2 Å². The Bertz CT molecular complexity index is 806. The molecule has 0 unspecified atom stereocenters. The van der Waals surface area contributed by atoms with Crippen molar-refractivity contribution in [3.63, 3.8) is 0 Å². The number of piperidine rings is 1. The van der Waals surface area contributed by atoms with E-state index in [1.54, 1.807) is 12.1 Å². The van der Waals surface area contributed by atoms with Crippen molar-refractivity contribution in [3.8, 4) is 0 Å². The fraction of sp³-hybridized carbons (Fsp3) is 0.524. The average Bonchev–Trinajstić information content (AvgIpc) is 2.87. The second-order valence-electron chi connectivity index (χ2n) is 7.68. The van der Waals surface area contributed by atoms with Gasteiger partial charge >= 0.3 is 0 Å². The van der Waals surface area contributed by atoms with E-state index in [1.165, 1.54) is 12.1 Å². The average molecular weight is 373 g/mol. The van der Waals surface area contributed by atoms with E-state index in [9.17, 15) is 14.3 Å². The minimum atomic E-state index is -0.828. The van der Waals surface area contributed by atoms with Crippen molar-refractivity contribution in [3.05, 3.63) is 52.6 Å². The maximum absolute atomic E-state index is 13.0. The van der Waals surface area contributed by atoms with Crippen molar-refractivity contribution in [2.24, 2.45) is 7.05 Å². The summed E-state index contributed by atoms with van der Waals surface area (Å²) in [6.45, 7) is 5.11. The van der Waals surface area contributed by atoms with Gasteiger partial charge < -0.3 is 10.0 Å². The van der Waals surface area contributed by atoms with Crippen molar-refractivity contribution >= 4 is 5.91 Å². The van der Waals surface area contributed by atoms with Crippen LogP contribution in [0.5, 0.6) is 0 Å². The predicted molar refractivity (Wildman–Crippen MR) is 102 cm³/mol. The summed E-state index contributed by atoms with van der Waals surface area (Å²) in [6.07, 6.45) is 2.73. The molecule has 1 aliphatic rings. The molecule has 1 fully saturated rings. The van der Waals surface area contributed by atoms with Gasteiger partial charge in [0.15, 0.2) is 0 Å². The summed E-state index contributed by atoms with van der Waals surface area (Å²) in [7, 11) is 1.92. The molecular weight excluding hydrogens is 345 g/mol. The van der Waals surface area contributed by atoms with Crippen LogP contribution in [0, 0.1) is 19.7 Å². The third-order valence-electron chi connectivity index (χ3n) is 5.74. The number of carbonyl (C=O) groups is 1. The molecule has 1 aliphatic heterocycles. The van der Waals surface area contributed by atoms with Crippen LogP contribution in [-0.4, -0.2) is 44.4 Å². The zero-order valence-electron chi connectivity index (χ0n) is 16.3. The standard InChI is InChI=1S/C21H28FN3O2/c1-15-19(16(2)24(3)23-15)8-9-20(26)25-12-10-21(27,11-13-25)14-17-4-6-18(22)7-5-17/h4-7,27H,8-14H2,1-3H3. The van der Waals surface area contributed by atoms with Crippen LogP contribution in [0.2, 0.25) is 0 Å². The number of likely N-dealkylation sites (tertiary alicyclic amines) is 1. The van der Waals surface area contributed by atoms with Gasteiger partial charge in [-0.1, -0.05) is 12.1 Å². The van der Waals surface area contributed by atoms with Gasteiger partial charge in [0, 0.05) is 38.7 Å². The lowest BCUT2D eigenvalue weighted by Gasteiger charge is -2.38. The molecule has 0 atom stereocenters. The SMILES string of the molecule is Cc1nn(C)c(C)c1CCC(=O)N1CCC(O)(Cc2ccc(F)cc2)CC1. The Labute approximate surface area is 159 Å². The molecule has 5 nitrogen and oxygen atoms in total.